The first-order valence-electron chi connectivity index (χ1n) is 9.91. The summed E-state index contributed by atoms with van der Waals surface area (Å²) in [5.41, 5.74) is 5.43. The Hall–Kier alpha value is -0.480. The molecule has 0 heterocycles. The van der Waals surface area contributed by atoms with Crippen LogP contribution in [0.2, 0.25) is 0 Å². The Kier molecular flexibility index (Phi) is 18.5. The van der Waals surface area contributed by atoms with Crippen molar-refractivity contribution in [2.45, 2.75) is 96.8 Å². The number of nitrogens with two attached hydrogens (primary N) is 1. The Morgan fingerprint density at radius 1 is 0.750 bits per heavy atom. The quantitative estimate of drug-likeness (QED) is 0.192. The first-order chi connectivity index (χ1) is 11.7. The Bertz CT molecular complexity index is 341. The maximum Gasteiger partial charge on any atom is 0.133 e. The molecule has 0 aromatic heterocycles. The standard InChI is InChI=1S/C20H38N2S2/c1-2-3-4-5-6-7-8-9-10-11-12-13-14-15-16-17-18-22-20(24)19(21)23/h9-10H,2-8,11-18H2,1H3,(H2,21,23)(H,22,24). The number of nitrogens with one attached hydrogen (secondary N) is 1. The molecule has 0 aromatic rings. The molecular weight excluding hydrogens is 332 g/mol. The topological polar surface area (TPSA) is 38.0 Å². The van der Waals surface area contributed by atoms with Gasteiger partial charge >= 0.3 is 0 Å². The molecule has 2 nitrogen and oxygen atoms in total. The molecule has 0 rings (SSSR count). The van der Waals surface area contributed by atoms with Gasteiger partial charge in [0.2, 0.25) is 0 Å². The molecule has 0 amide bonds. The Balaban J connectivity index is 3.15. The molecule has 0 aromatic carbocycles. The lowest BCUT2D eigenvalue weighted by molar-refractivity contribution is 0.592. The third-order valence-electron chi connectivity index (χ3n) is 4.20. The minimum Gasteiger partial charge on any atom is -0.388 e. The number of unbranched alkanes of at least 4 members (excludes halogenated alkanes) is 12. The molecule has 0 saturated heterocycles. The summed E-state index contributed by atoms with van der Waals surface area (Å²) in [4.78, 5) is 0.826. The van der Waals surface area contributed by atoms with Crippen molar-refractivity contribution < 1.29 is 0 Å². The van der Waals surface area contributed by atoms with Gasteiger partial charge in [0.25, 0.3) is 0 Å². The second-order valence-corrected chi connectivity index (χ2v) is 7.41. The van der Waals surface area contributed by atoms with Gasteiger partial charge in [-0.25, -0.2) is 0 Å². The van der Waals surface area contributed by atoms with E-state index in [1.807, 2.05) is 0 Å². The van der Waals surface area contributed by atoms with Crippen molar-refractivity contribution in [3.05, 3.63) is 12.2 Å². The molecule has 0 spiro atoms. The highest BCUT2D eigenvalue weighted by molar-refractivity contribution is 7.89. The van der Waals surface area contributed by atoms with Crippen molar-refractivity contribution in [3.63, 3.8) is 0 Å². The van der Waals surface area contributed by atoms with Gasteiger partial charge in [0.15, 0.2) is 0 Å². The molecule has 0 radical (unpaired) electrons. The Morgan fingerprint density at radius 3 is 1.71 bits per heavy atom. The van der Waals surface area contributed by atoms with E-state index in [4.69, 9.17) is 30.2 Å². The highest BCUT2D eigenvalue weighted by atomic mass is 32.1. The second-order valence-electron chi connectivity index (χ2n) is 6.56. The first-order valence-corrected chi connectivity index (χ1v) is 10.7. The zero-order valence-electron chi connectivity index (χ0n) is 15.7. The number of hydrogen-bond donors (Lipinski definition) is 2. The van der Waals surface area contributed by atoms with E-state index in [0.717, 1.165) is 13.0 Å². The van der Waals surface area contributed by atoms with Gasteiger partial charge in [0, 0.05) is 6.54 Å². The minimum atomic E-state index is 0.301. The van der Waals surface area contributed by atoms with E-state index in [2.05, 4.69) is 24.4 Å². The Labute approximate surface area is 161 Å². The fourth-order valence-corrected chi connectivity index (χ4v) is 2.84. The fraction of sp³-hybridized carbons (Fsp3) is 0.800. The van der Waals surface area contributed by atoms with Crippen LogP contribution in [0.15, 0.2) is 12.2 Å². The summed E-state index contributed by atoms with van der Waals surface area (Å²) >= 11 is 9.81. The van der Waals surface area contributed by atoms with Crippen LogP contribution in [0.4, 0.5) is 0 Å². The zero-order valence-corrected chi connectivity index (χ0v) is 17.3. The Morgan fingerprint density at radius 2 is 1.21 bits per heavy atom. The van der Waals surface area contributed by atoms with Crippen molar-refractivity contribution in [1.82, 2.24) is 5.32 Å². The van der Waals surface area contributed by atoms with Crippen LogP contribution < -0.4 is 11.1 Å². The molecule has 0 saturated carbocycles. The highest BCUT2D eigenvalue weighted by Gasteiger charge is 1.97. The van der Waals surface area contributed by atoms with E-state index in [9.17, 15) is 0 Å². The van der Waals surface area contributed by atoms with Crippen LogP contribution in [0.1, 0.15) is 96.8 Å². The van der Waals surface area contributed by atoms with Crippen LogP contribution in [0.25, 0.3) is 0 Å². The van der Waals surface area contributed by atoms with Gasteiger partial charge in [0.1, 0.15) is 9.98 Å². The summed E-state index contributed by atoms with van der Waals surface area (Å²) in [7, 11) is 0. The largest absolute Gasteiger partial charge is 0.388 e. The molecular formula is C20H38N2S2. The van der Waals surface area contributed by atoms with Gasteiger partial charge in [-0.1, -0.05) is 101 Å². The molecule has 24 heavy (non-hydrogen) atoms. The SMILES string of the molecule is CCCCCCCCC=CCCCCCCCCNC(=S)C(N)=S. The molecule has 0 bridgehead atoms. The van der Waals surface area contributed by atoms with Crippen LogP contribution >= 0.6 is 24.4 Å². The average Bonchev–Trinajstić information content (AvgIpc) is 2.57. The van der Waals surface area contributed by atoms with E-state index in [1.54, 1.807) is 0 Å². The van der Waals surface area contributed by atoms with Gasteiger partial charge in [0.05, 0.1) is 0 Å². The third kappa shape index (κ3) is 17.9. The predicted octanol–water partition coefficient (Wildman–Crippen LogP) is 6.23. The van der Waals surface area contributed by atoms with Gasteiger partial charge in [-0.2, -0.15) is 0 Å². The van der Waals surface area contributed by atoms with Crippen LogP contribution in [0.5, 0.6) is 0 Å². The van der Waals surface area contributed by atoms with Gasteiger partial charge in [-0.15, -0.1) is 0 Å². The van der Waals surface area contributed by atoms with E-state index in [1.165, 1.54) is 83.5 Å². The average molecular weight is 371 g/mol. The maximum absolute atomic E-state index is 5.43. The fourth-order valence-electron chi connectivity index (χ4n) is 2.66. The van der Waals surface area contributed by atoms with Crippen LogP contribution in [-0.4, -0.2) is 16.5 Å². The van der Waals surface area contributed by atoms with Crippen LogP contribution in [0.3, 0.4) is 0 Å². The first kappa shape index (κ1) is 23.5. The predicted molar refractivity (Wildman–Crippen MR) is 117 cm³/mol. The van der Waals surface area contributed by atoms with Crippen LogP contribution in [0, 0.1) is 0 Å². The van der Waals surface area contributed by atoms with Gasteiger partial charge in [-0.3, -0.25) is 0 Å². The summed E-state index contributed by atoms with van der Waals surface area (Å²) in [5, 5.41) is 3.09. The van der Waals surface area contributed by atoms with E-state index in [-0.39, 0.29) is 0 Å². The van der Waals surface area contributed by atoms with Gasteiger partial charge in [-0.05, 0) is 32.1 Å². The van der Waals surface area contributed by atoms with Crippen molar-refractivity contribution in [2.24, 2.45) is 5.73 Å². The minimum absolute atomic E-state index is 0.301. The molecule has 0 aliphatic heterocycles. The summed E-state index contributed by atoms with van der Waals surface area (Å²) < 4.78 is 0. The molecule has 4 heteroatoms. The monoisotopic (exact) mass is 370 g/mol. The van der Waals surface area contributed by atoms with E-state index < -0.39 is 0 Å². The molecule has 0 unspecified atom stereocenters. The number of allylic oxidation sites excluding steroid dienone is 2. The normalized spacial score (nSPS) is 11.0. The van der Waals surface area contributed by atoms with E-state index in [0.29, 0.717) is 9.98 Å². The van der Waals surface area contributed by atoms with E-state index >= 15 is 0 Å². The zero-order chi connectivity index (χ0) is 17.9. The van der Waals surface area contributed by atoms with Gasteiger partial charge < -0.3 is 11.1 Å². The lowest BCUT2D eigenvalue weighted by Gasteiger charge is -2.05. The number of thiocarbonyl (C=S) groups is 2. The number of rotatable bonds is 16. The highest BCUT2D eigenvalue weighted by Crippen LogP contribution is 2.09. The summed E-state index contributed by atoms with van der Waals surface area (Å²) in [6.07, 6.45) is 23.4. The van der Waals surface area contributed by atoms with Crippen molar-refractivity contribution >= 4 is 34.4 Å². The molecule has 3 N–H and O–H groups in total. The van der Waals surface area contributed by atoms with Crippen molar-refractivity contribution in [2.75, 3.05) is 6.54 Å². The third-order valence-corrected chi connectivity index (χ3v) is 4.90. The van der Waals surface area contributed by atoms with Crippen molar-refractivity contribution in [1.29, 1.82) is 0 Å². The molecule has 0 fully saturated rings. The lowest BCUT2D eigenvalue weighted by Crippen LogP contribution is -2.33. The van der Waals surface area contributed by atoms with Crippen LogP contribution in [-0.2, 0) is 0 Å². The van der Waals surface area contributed by atoms with Crippen molar-refractivity contribution in [3.8, 4) is 0 Å². The molecule has 0 aliphatic carbocycles. The molecule has 140 valence electrons. The lowest BCUT2D eigenvalue weighted by atomic mass is 10.1. The molecule has 0 aliphatic rings. The smallest absolute Gasteiger partial charge is 0.133 e. The number of hydrogen-bond acceptors (Lipinski definition) is 2. The summed E-state index contributed by atoms with van der Waals surface area (Å²) in [6, 6.07) is 0. The maximum atomic E-state index is 5.43. The second kappa shape index (κ2) is 18.9. The molecule has 0 atom stereocenters. The summed E-state index contributed by atoms with van der Waals surface area (Å²) in [6.45, 7) is 3.16. The summed E-state index contributed by atoms with van der Waals surface area (Å²) in [5.74, 6) is 0.